The van der Waals surface area contributed by atoms with Crippen LogP contribution in [-0.2, 0) is 10.0 Å². The van der Waals surface area contributed by atoms with Gasteiger partial charge in [-0.1, -0.05) is 26.2 Å². The van der Waals surface area contributed by atoms with Crippen molar-refractivity contribution in [3.8, 4) is 0 Å². The minimum atomic E-state index is -3.07. The van der Waals surface area contributed by atoms with E-state index in [1.54, 1.807) is 4.31 Å². The molecule has 0 aromatic heterocycles. The summed E-state index contributed by atoms with van der Waals surface area (Å²) in [5.74, 6) is 0.272. The van der Waals surface area contributed by atoms with Gasteiger partial charge in [0, 0.05) is 12.6 Å². The molecule has 0 saturated heterocycles. The Morgan fingerprint density at radius 1 is 1.24 bits per heavy atom. The van der Waals surface area contributed by atoms with Gasteiger partial charge in [-0.25, -0.2) is 8.42 Å². The Balaban J connectivity index is 2.70. The lowest BCUT2D eigenvalue weighted by Crippen LogP contribution is -2.43. The molecule has 4 nitrogen and oxygen atoms in total. The van der Waals surface area contributed by atoms with E-state index in [0.29, 0.717) is 19.5 Å². The second-order valence-corrected chi connectivity index (χ2v) is 6.90. The molecule has 0 atom stereocenters. The summed E-state index contributed by atoms with van der Waals surface area (Å²) in [5.41, 5.74) is 5.50. The van der Waals surface area contributed by atoms with Crippen molar-refractivity contribution in [2.45, 2.75) is 57.9 Å². The van der Waals surface area contributed by atoms with Crippen molar-refractivity contribution >= 4 is 10.0 Å². The first-order valence-corrected chi connectivity index (χ1v) is 8.42. The molecule has 0 spiro atoms. The lowest BCUT2D eigenvalue weighted by atomic mass is 9.95. The molecule has 1 rings (SSSR count). The third kappa shape index (κ3) is 4.56. The SMILES string of the molecule is CCCS(=O)(=O)N(CCCN)C1CCCCC1. The van der Waals surface area contributed by atoms with Crippen molar-refractivity contribution in [2.75, 3.05) is 18.8 Å². The number of nitrogens with zero attached hydrogens (tertiary/aromatic N) is 1. The van der Waals surface area contributed by atoms with Gasteiger partial charge in [-0.2, -0.15) is 4.31 Å². The van der Waals surface area contributed by atoms with E-state index >= 15 is 0 Å². The average Bonchev–Trinajstić information content (AvgIpc) is 2.30. The van der Waals surface area contributed by atoms with E-state index in [0.717, 1.165) is 32.1 Å². The second-order valence-electron chi connectivity index (χ2n) is 4.86. The summed E-state index contributed by atoms with van der Waals surface area (Å²) in [6.07, 6.45) is 7.06. The molecule has 0 amide bonds. The van der Waals surface area contributed by atoms with Crippen LogP contribution in [0.4, 0.5) is 0 Å². The highest BCUT2D eigenvalue weighted by Gasteiger charge is 2.29. The summed E-state index contributed by atoms with van der Waals surface area (Å²) in [7, 11) is -3.07. The van der Waals surface area contributed by atoms with Crippen LogP contribution in [0.15, 0.2) is 0 Å². The minimum Gasteiger partial charge on any atom is -0.330 e. The van der Waals surface area contributed by atoms with Gasteiger partial charge in [-0.15, -0.1) is 0 Å². The average molecular weight is 262 g/mol. The molecule has 1 fully saturated rings. The topological polar surface area (TPSA) is 63.4 Å². The fourth-order valence-electron chi connectivity index (χ4n) is 2.54. The first-order valence-electron chi connectivity index (χ1n) is 6.81. The van der Waals surface area contributed by atoms with Crippen LogP contribution < -0.4 is 5.73 Å². The van der Waals surface area contributed by atoms with E-state index in [2.05, 4.69) is 0 Å². The van der Waals surface area contributed by atoms with Gasteiger partial charge >= 0.3 is 0 Å². The van der Waals surface area contributed by atoms with Crippen molar-refractivity contribution in [1.29, 1.82) is 0 Å². The lowest BCUT2D eigenvalue weighted by Gasteiger charge is -2.33. The summed E-state index contributed by atoms with van der Waals surface area (Å²) in [6.45, 7) is 3.08. The Hall–Kier alpha value is -0.130. The van der Waals surface area contributed by atoms with Gasteiger partial charge in [0.05, 0.1) is 5.75 Å². The maximum absolute atomic E-state index is 12.2. The maximum atomic E-state index is 12.2. The smallest absolute Gasteiger partial charge is 0.214 e. The van der Waals surface area contributed by atoms with Crippen LogP contribution >= 0.6 is 0 Å². The lowest BCUT2D eigenvalue weighted by molar-refractivity contribution is 0.252. The summed E-state index contributed by atoms with van der Waals surface area (Å²) < 4.78 is 26.2. The largest absolute Gasteiger partial charge is 0.330 e. The predicted molar refractivity (Wildman–Crippen MR) is 71.3 cm³/mol. The van der Waals surface area contributed by atoms with E-state index in [1.807, 2.05) is 6.92 Å². The van der Waals surface area contributed by atoms with Crippen LogP contribution in [0.5, 0.6) is 0 Å². The first-order chi connectivity index (χ1) is 8.11. The quantitative estimate of drug-likeness (QED) is 0.759. The van der Waals surface area contributed by atoms with E-state index in [-0.39, 0.29) is 11.8 Å². The molecule has 1 aliphatic rings. The van der Waals surface area contributed by atoms with Crippen molar-refractivity contribution in [2.24, 2.45) is 5.73 Å². The molecule has 0 aliphatic heterocycles. The molecule has 2 N–H and O–H groups in total. The molecule has 102 valence electrons. The summed E-state index contributed by atoms with van der Waals surface area (Å²) in [4.78, 5) is 0. The number of rotatable bonds is 7. The Morgan fingerprint density at radius 3 is 2.41 bits per heavy atom. The molecule has 0 heterocycles. The molecule has 0 aromatic rings. The van der Waals surface area contributed by atoms with E-state index < -0.39 is 10.0 Å². The molecule has 0 aromatic carbocycles. The van der Waals surface area contributed by atoms with Gasteiger partial charge in [0.25, 0.3) is 0 Å². The fraction of sp³-hybridized carbons (Fsp3) is 1.00. The van der Waals surface area contributed by atoms with Crippen LogP contribution in [0.25, 0.3) is 0 Å². The van der Waals surface area contributed by atoms with Crippen molar-refractivity contribution in [3.63, 3.8) is 0 Å². The van der Waals surface area contributed by atoms with Crippen LogP contribution in [0.1, 0.15) is 51.9 Å². The molecule has 0 unspecified atom stereocenters. The fourth-order valence-corrected chi connectivity index (χ4v) is 4.36. The third-order valence-corrected chi connectivity index (χ3v) is 5.50. The summed E-state index contributed by atoms with van der Waals surface area (Å²) >= 11 is 0. The standard InChI is InChI=1S/C12H26N2O2S/c1-2-11-17(15,16)14(10-6-9-13)12-7-4-3-5-8-12/h12H,2-11,13H2,1H3. The molecule has 1 saturated carbocycles. The number of hydrogen-bond acceptors (Lipinski definition) is 3. The predicted octanol–water partition coefficient (Wildman–Crippen LogP) is 1.71. The van der Waals surface area contributed by atoms with Crippen LogP contribution in [-0.4, -0.2) is 37.6 Å². The van der Waals surface area contributed by atoms with Crippen LogP contribution in [0, 0.1) is 0 Å². The number of hydrogen-bond donors (Lipinski definition) is 1. The van der Waals surface area contributed by atoms with Gasteiger partial charge in [-0.3, -0.25) is 0 Å². The molecule has 5 heteroatoms. The summed E-state index contributed by atoms with van der Waals surface area (Å²) in [6, 6.07) is 0.229. The second kappa shape index (κ2) is 7.34. The normalized spacial score (nSPS) is 18.8. The van der Waals surface area contributed by atoms with E-state index in [4.69, 9.17) is 5.73 Å². The maximum Gasteiger partial charge on any atom is 0.214 e. The first kappa shape index (κ1) is 14.9. The van der Waals surface area contributed by atoms with Gasteiger partial charge < -0.3 is 5.73 Å². The Kier molecular flexibility index (Phi) is 6.44. The van der Waals surface area contributed by atoms with Crippen LogP contribution in [0.3, 0.4) is 0 Å². The Morgan fingerprint density at radius 2 is 1.88 bits per heavy atom. The van der Waals surface area contributed by atoms with Gasteiger partial charge in [0.15, 0.2) is 0 Å². The molecule has 0 bridgehead atoms. The summed E-state index contributed by atoms with van der Waals surface area (Å²) in [5, 5.41) is 0. The van der Waals surface area contributed by atoms with Crippen LogP contribution in [0.2, 0.25) is 0 Å². The van der Waals surface area contributed by atoms with Crippen molar-refractivity contribution < 1.29 is 8.42 Å². The van der Waals surface area contributed by atoms with Crippen molar-refractivity contribution in [3.05, 3.63) is 0 Å². The van der Waals surface area contributed by atoms with Crippen molar-refractivity contribution in [1.82, 2.24) is 4.31 Å². The third-order valence-electron chi connectivity index (χ3n) is 3.38. The monoisotopic (exact) mass is 262 g/mol. The zero-order valence-corrected chi connectivity index (χ0v) is 11.7. The molecular formula is C12H26N2O2S. The molecule has 17 heavy (non-hydrogen) atoms. The van der Waals surface area contributed by atoms with E-state index in [9.17, 15) is 8.42 Å². The highest BCUT2D eigenvalue weighted by Crippen LogP contribution is 2.25. The highest BCUT2D eigenvalue weighted by molar-refractivity contribution is 7.89. The molecular weight excluding hydrogens is 236 g/mol. The van der Waals surface area contributed by atoms with Gasteiger partial charge in [-0.05, 0) is 32.2 Å². The van der Waals surface area contributed by atoms with Gasteiger partial charge in [0.2, 0.25) is 10.0 Å². The number of sulfonamides is 1. The highest BCUT2D eigenvalue weighted by atomic mass is 32.2. The Labute approximate surface area is 106 Å². The zero-order valence-electron chi connectivity index (χ0n) is 10.9. The van der Waals surface area contributed by atoms with E-state index in [1.165, 1.54) is 6.42 Å². The van der Waals surface area contributed by atoms with Gasteiger partial charge in [0.1, 0.15) is 0 Å². The Bertz CT molecular complexity index is 298. The molecule has 0 radical (unpaired) electrons. The molecule has 1 aliphatic carbocycles. The number of nitrogens with two attached hydrogens (primary N) is 1. The minimum absolute atomic E-state index is 0.229. The zero-order chi connectivity index (χ0) is 12.7.